The predicted molar refractivity (Wildman–Crippen MR) is 112 cm³/mol. The second kappa shape index (κ2) is 12.5. The third kappa shape index (κ3) is 7.75. The lowest BCUT2D eigenvalue weighted by atomic mass is 9.85. The Morgan fingerprint density at radius 1 is 1.35 bits per heavy atom. The summed E-state index contributed by atoms with van der Waals surface area (Å²) in [6.07, 6.45) is 11.8. The van der Waals surface area contributed by atoms with Crippen LogP contribution in [-0.2, 0) is 6.54 Å². The third-order valence-electron chi connectivity index (χ3n) is 4.80. The summed E-state index contributed by atoms with van der Waals surface area (Å²) in [7, 11) is 0. The molecule has 0 spiro atoms. The van der Waals surface area contributed by atoms with Gasteiger partial charge in [-0.25, -0.2) is 9.98 Å². The number of aliphatic imine (C=N–C) groups is 1. The number of hydrogen-bond donors (Lipinski definition) is 2. The minimum absolute atomic E-state index is 0. The lowest BCUT2D eigenvalue weighted by Crippen LogP contribution is -2.42. The van der Waals surface area contributed by atoms with Crippen molar-refractivity contribution in [1.82, 2.24) is 20.2 Å². The summed E-state index contributed by atoms with van der Waals surface area (Å²) in [5.41, 5.74) is 0. The maximum Gasteiger partial charge on any atom is 0.319 e. The molecule has 0 bridgehead atoms. The van der Waals surface area contributed by atoms with Gasteiger partial charge in [-0.3, -0.25) is 4.57 Å². The van der Waals surface area contributed by atoms with Crippen molar-refractivity contribution >= 4 is 29.9 Å². The Labute approximate surface area is 172 Å². The summed E-state index contributed by atoms with van der Waals surface area (Å²) >= 11 is 0. The molecule has 2 rings (SSSR count). The molecule has 1 aliphatic rings. The van der Waals surface area contributed by atoms with Crippen molar-refractivity contribution in [2.75, 3.05) is 6.54 Å². The number of aromatic nitrogens is 2. The van der Waals surface area contributed by atoms with Crippen molar-refractivity contribution in [3.8, 4) is 0 Å². The lowest BCUT2D eigenvalue weighted by Gasteiger charge is -2.24. The Kier molecular flexibility index (Phi) is 11.1. The van der Waals surface area contributed by atoms with Gasteiger partial charge in [0.05, 0.1) is 0 Å². The van der Waals surface area contributed by atoms with Crippen LogP contribution in [0.3, 0.4) is 0 Å². The van der Waals surface area contributed by atoms with Gasteiger partial charge < -0.3 is 10.6 Å². The van der Waals surface area contributed by atoms with E-state index in [1.54, 1.807) is 0 Å². The molecule has 26 heavy (non-hydrogen) atoms. The van der Waals surface area contributed by atoms with Crippen LogP contribution >= 0.6 is 24.0 Å². The highest BCUT2D eigenvalue weighted by molar-refractivity contribution is 14.0. The number of halogens is 3. The lowest BCUT2D eigenvalue weighted by molar-refractivity contribution is 0.0671. The maximum atomic E-state index is 12.9. The van der Waals surface area contributed by atoms with Crippen LogP contribution < -0.4 is 10.6 Å². The van der Waals surface area contributed by atoms with Gasteiger partial charge in [-0.1, -0.05) is 32.1 Å². The van der Waals surface area contributed by atoms with Gasteiger partial charge >= 0.3 is 6.55 Å². The van der Waals surface area contributed by atoms with Gasteiger partial charge in [0.25, 0.3) is 0 Å². The summed E-state index contributed by atoms with van der Waals surface area (Å²) in [5.74, 6) is 1.78. The molecule has 0 amide bonds. The van der Waals surface area contributed by atoms with Crippen LogP contribution in [0.5, 0.6) is 0 Å². The molecule has 1 unspecified atom stereocenters. The molecule has 5 nitrogen and oxygen atoms in total. The molecule has 1 aliphatic carbocycles. The molecular weight excluding hydrogens is 451 g/mol. The Hall–Kier alpha value is -0.930. The molecule has 0 aliphatic heterocycles. The van der Waals surface area contributed by atoms with Crippen molar-refractivity contribution in [2.45, 2.75) is 77.9 Å². The number of rotatable bonds is 8. The molecule has 1 heterocycles. The molecule has 8 heteroatoms. The topological polar surface area (TPSA) is 54.2 Å². The quantitative estimate of drug-likeness (QED) is 0.320. The first kappa shape index (κ1) is 23.1. The molecule has 0 aromatic carbocycles. The fourth-order valence-electron chi connectivity index (χ4n) is 3.38. The molecule has 2 N–H and O–H groups in total. The molecule has 1 aromatic heterocycles. The van der Waals surface area contributed by atoms with Crippen molar-refractivity contribution in [3.05, 3.63) is 18.2 Å². The minimum Gasteiger partial charge on any atom is -0.357 e. The second-order valence-corrected chi connectivity index (χ2v) is 6.85. The zero-order valence-corrected chi connectivity index (χ0v) is 18.1. The summed E-state index contributed by atoms with van der Waals surface area (Å²) in [4.78, 5) is 8.38. The van der Waals surface area contributed by atoms with E-state index in [-0.39, 0.29) is 36.3 Å². The van der Waals surface area contributed by atoms with Gasteiger partial charge in [-0.2, -0.15) is 8.78 Å². The van der Waals surface area contributed by atoms with E-state index in [1.807, 2.05) is 6.92 Å². The largest absolute Gasteiger partial charge is 0.357 e. The van der Waals surface area contributed by atoms with Gasteiger partial charge in [0.2, 0.25) is 0 Å². The summed E-state index contributed by atoms with van der Waals surface area (Å²) in [6, 6.07) is 0.301. The van der Waals surface area contributed by atoms with Gasteiger partial charge in [-0.05, 0) is 32.6 Å². The van der Waals surface area contributed by atoms with E-state index in [2.05, 4.69) is 27.5 Å². The van der Waals surface area contributed by atoms with Crippen molar-refractivity contribution < 1.29 is 8.78 Å². The van der Waals surface area contributed by atoms with E-state index in [4.69, 9.17) is 0 Å². The number of guanidine groups is 1. The standard InChI is InChI=1S/C18H31F2N5.HI/c1-3-21-18(23-13-16-22-11-12-25(16)17(19)20)24-14(2)9-10-15-7-5-4-6-8-15;/h11-12,14-15,17H,3-10,13H2,1-2H3,(H2,21,23,24);1H. The van der Waals surface area contributed by atoms with E-state index in [1.165, 1.54) is 50.9 Å². The van der Waals surface area contributed by atoms with Crippen LogP contribution in [0, 0.1) is 5.92 Å². The Balaban J connectivity index is 0.00000338. The van der Waals surface area contributed by atoms with Crippen molar-refractivity contribution in [2.24, 2.45) is 10.9 Å². The van der Waals surface area contributed by atoms with E-state index in [9.17, 15) is 8.78 Å². The first-order valence-corrected chi connectivity index (χ1v) is 9.44. The average molecular weight is 483 g/mol. The first-order valence-electron chi connectivity index (χ1n) is 9.44. The number of alkyl halides is 2. The molecule has 1 saturated carbocycles. The average Bonchev–Trinajstić information content (AvgIpc) is 3.08. The monoisotopic (exact) mass is 483 g/mol. The normalized spacial score (nSPS) is 17.0. The molecular formula is C18H32F2IN5. The van der Waals surface area contributed by atoms with Crippen LogP contribution in [-0.4, -0.2) is 28.1 Å². The van der Waals surface area contributed by atoms with Crippen molar-refractivity contribution in [1.29, 1.82) is 0 Å². The number of nitrogens with one attached hydrogen (secondary N) is 2. The number of nitrogens with zero attached hydrogens (tertiary/aromatic N) is 3. The highest BCUT2D eigenvalue weighted by atomic mass is 127. The van der Waals surface area contributed by atoms with Crippen molar-refractivity contribution in [3.63, 3.8) is 0 Å². The van der Waals surface area contributed by atoms with Crippen LogP contribution in [0.1, 0.15) is 71.2 Å². The molecule has 150 valence electrons. The maximum absolute atomic E-state index is 12.9. The zero-order chi connectivity index (χ0) is 18.1. The van der Waals surface area contributed by atoms with Crippen LogP contribution in [0.2, 0.25) is 0 Å². The Morgan fingerprint density at radius 3 is 2.73 bits per heavy atom. The van der Waals surface area contributed by atoms with E-state index in [0.717, 1.165) is 23.5 Å². The van der Waals surface area contributed by atoms with Gasteiger partial charge in [0.1, 0.15) is 12.4 Å². The highest BCUT2D eigenvalue weighted by Gasteiger charge is 2.15. The number of imidazole rings is 1. The van der Waals surface area contributed by atoms with E-state index >= 15 is 0 Å². The fraction of sp³-hybridized carbons (Fsp3) is 0.778. The first-order chi connectivity index (χ1) is 12.1. The molecule has 1 aromatic rings. The molecule has 0 radical (unpaired) electrons. The van der Waals surface area contributed by atoms with Gasteiger partial charge in [0, 0.05) is 25.0 Å². The molecule has 1 atom stereocenters. The molecule has 1 fully saturated rings. The second-order valence-electron chi connectivity index (χ2n) is 6.85. The van der Waals surface area contributed by atoms with Gasteiger partial charge in [0.15, 0.2) is 5.96 Å². The number of hydrogen-bond acceptors (Lipinski definition) is 2. The smallest absolute Gasteiger partial charge is 0.319 e. The van der Waals surface area contributed by atoms with Crippen LogP contribution in [0.25, 0.3) is 0 Å². The molecule has 0 saturated heterocycles. The van der Waals surface area contributed by atoms with E-state index in [0.29, 0.717) is 12.0 Å². The highest BCUT2D eigenvalue weighted by Crippen LogP contribution is 2.27. The van der Waals surface area contributed by atoms with Crippen LogP contribution in [0.15, 0.2) is 17.4 Å². The zero-order valence-electron chi connectivity index (χ0n) is 15.8. The van der Waals surface area contributed by atoms with Gasteiger partial charge in [-0.15, -0.1) is 24.0 Å². The third-order valence-corrected chi connectivity index (χ3v) is 4.80. The summed E-state index contributed by atoms with van der Waals surface area (Å²) < 4.78 is 26.6. The van der Waals surface area contributed by atoms with Crippen LogP contribution in [0.4, 0.5) is 8.78 Å². The Morgan fingerprint density at radius 2 is 2.08 bits per heavy atom. The summed E-state index contributed by atoms with van der Waals surface area (Å²) in [6.45, 7) is 2.41. The fourth-order valence-corrected chi connectivity index (χ4v) is 3.38. The Bertz CT molecular complexity index is 529. The summed E-state index contributed by atoms with van der Waals surface area (Å²) in [5, 5.41) is 6.56. The predicted octanol–water partition coefficient (Wildman–Crippen LogP) is 4.70. The van der Waals surface area contributed by atoms with E-state index < -0.39 is 6.55 Å². The minimum atomic E-state index is -2.59. The SMILES string of the molecule is CCNC(=NCc1nccn1C(F)F)NC(C)CCC1CCCCC1.I.